The Morgan fingerprint density at radius 3 is 2.48 bits per heavy atom. The van der Waals surface area contributed by atoms with Gasteiger partial charge in [0, 0.05) is 19.5 Å². The van der Waals surface area contributed by atoms with Gasteiger partial charge in [0.05, 0.1) is 17.2 Å². The molecule has 0 bridgehead atoms. The summed E-state index contributed by atoms with van der Waals surface area (Å²) in [5.41, 5.74) is 0.733. The molecule has 1 atom stereocenters. The minimum atomic E-state index is -0.397. The molecule has 3 aliphatic heterocycles. The molecule has 0 N–H and O–H groups in total. The van der Waals surface area contributed by atoms with Crippen molar-refractivity contribution in [3.63, 3.8) is 0 Å². The summed E-state index contributed by atoms with van der Waals surface area (Å²) in [5, 5.41) is 8.79. The molecule has 3 aliphatic rings. The van der Waals surface area contributed by atoms with Crippen molar-refractivity contribution in [1.82, 2.24) is 24.6 Å². The van der Waals surface area contributed by atoms with Gasteiger partial charge in [-0.3, -0.25) is 19.3 Å². The van der Waals surface area contributed by atoms with E-state index in [9.17, 15) is 14.4 Å². The number of carbonyl (C=O) groups is 3. The smallest absolute Gasteiger partial charge is 0.262 e. The number of imide groups is 1. The van der Waals surface area contributed by atoms with Crippen LogP contribution in [-0.2, 0) is 17.8 Å². The van der Waals surface area contributed by atoms with E-state index in [2.05, 4.69) is 14.8 Å². The number of aromatic nitrogens is 3. The van der Waals surface area contributed by atoms with Crippen LogP contribution in [0.15, 0.2) is 24.3 Å². The van der Waals surface area contributed by atoms with Gasteiger partial charge in [-0.05, 0) is 37.8 Å². The number of likely N-dealkylation sites (tertiary alicyclic amines) is 1. The molecule has 0 radical (unpaired) electrons. The molecule has 8 nitrogen and oxygen atoms in total. The van der Waals surface area contributed by atoms with Crippen LogP contribution < -0.4 is 0 Å². The summed E-state index contributed by atoms with van der Waals surface area (Å²) in [5.74, 6) is 0.831. The van der Waals surface area contributed by atoms with E-state index < -0.39 is 11.8 Å². The molecule has 0 aliphatic carbocycles. The number of carbonyl (C=O) groups excluding carboxylic acids is 3. The molecule has 8 heteroatoms. The zero-order chi connectivity index (χ0) is 20.0. The standard InChI is InChI=1S/C21H23N5O3/c27-18(13-26-20(28)14-7-3-4-8-15(14)21(26)29)24-12-6-9-16(24)19-23-22-17-10-2-1-5-11-25(17)19/h3-4,7-8,16H,1-2,5-6,9-13H2. The summed E-state index contributed by atoms with van der Waals surface area (Å²) in [6.45, 7) is 1.26. The first kappa shape index (κ1) is 18.0. The summed E-state index contributed by atoms with van der Waals surface area (Å²) in [7, 11) is 0. The van der Waals surface area contributed by atoms with E-state index >= 15 is 0 Å². The molecule has 0 saturated carbocycles. The number of fused-ring (bicyclic) bond motifs is 2. The Morgan fingerprint density at radius 2 is 1.72 bits per heavy atom. The molecule has 1 fully saturated rings. The first-order chi connectivity index (χ1) is 14.1. The van der Waals surface area contributed by atoms with Crippen molar-refractivity contribution < 1.29 is 14.4 Å². The number of benzene rings is 1. The minimum absolute atomic E-state index is 0.142. The van der Waals surface area contributed by atoms with Gasteiger partial charge in [0.25, 0.3) is 11.8 Å². The summed E-state index contributed by atoms with van der Waals surface area (Å²) in [6.07, 6.45) is 6.00. The van der Waals surface area contributed by atoms with Crippen molar-refractivity contribution in [3.05, 3.63) is 47.0 Å². The summed E-state index contributed by atoms with van der Waals surface area (Å²) in [6, 6.07) is 6.57. The van der Waals surface area contributed by atoms with Crippen molar-refractivity contribution in [3.8, 4) is 0 Å². The molecular weight excluding hydrogens is 370 g/mol. The quantitative estimate of drug-likeness (QED) is 0.744. The minimum Gasteiger partial charge on any atom is -0.331 e. The topological polar surface area (TPSA) is 88.4 Å². The lowest BCUT2D eigenvalue weighted by Gasteiger charge is -2.26. The van der Waals surface area contributed by atoms with Crippen molar-refractivity contribution in [1.29, 1.82) is 0 Å². The van der Waals surface area contributed by atoms with Crippen molar-refractivity contribution in [2.45, 2.75) is 51.1 Å². The Balaban J connectivity index is 1.36. The molecule has 1 saturated heterocycles. The highest BCUT2D eigenvalue weighted by Gasteiger charge is 2.40. The van der Waals surface area contributed by atoms with E-state index in [1.807, 2.05) is 0 Å². The van der Waals surface area contributed by atoms with E-state index in [-0.39, 0.29) is 18.5 Å². The van der Waals surface area contributed by atoms with E-state index in [0.29, 0.717) is 17.7 Å². The third-order valence-electron chi connectivity index (χ3n) is 6.18. The largest absolute Gasteiger partial charge is 0.331 e. The lowest BCUT2D eigenvalue weighted by molar-refractivity contribution is -0.132. The zero-order valence-electron chi connectivity index (χ0n) is 16.2. The maximum absolute atomic E-state index is 13.1. The molecule has 4 heterocycles. The van der Waals surface area contributed by atoms with Gasteiger partial charge < -0.3 is 9.47 Å². The summed E-state index contributed by atoms with van der Waals surface area (Å²) in [4.78, 5) is 41.1. The van der Waals surface area contributed by atoms with Gasteiger partial charge in [-0.25, -0.2) is 0 Å². The monoisotopic (exact) mass is 393 g/mol. The predicted octanol–water partition coefficient (Wildman–Crippen LogP) is 1.96. The van der Waals surface area contributed by atoms with Gasteiger partial charge in [0.2, 0.25) is 5.91 Å². The Bertz CT molecular complexity index is 963. The van der Waals surface area contributed by atoms with E-state index in [0.717, 1.165) is 55.2 Å². The van der Waals surface area contributed by atoms with Crippen LogP contribution in [0.1, 0.15) is 70.5 Å². The van der Waals surface area contributed by atoms with Gasteiger partial charge in [-0.2, -0.15) is 0 Å². The fourth-order valence-electron chi connectivity index (χ4n) is 4.70. The first-order valence-corrected chi connectivity index (χ1v) is 10.3. The maximum Gasteiger partial charge on any atom is 0.262 e. The van der Waals surface area contributed by atoms with Crippen LogP contribution in [0.2, 0.25) is 0 Å². The fourth-order valence-corrected chi connectivity index (χ4v) is 4.70. The van der Waals surface area contributed by atoms with Crippen LogP contribution in [0, 0.1) is 0 Å². The molecule has 0 spiro atoms. The highest BCUT2D eigenvalue weighted by molar-refractivity contribution is 6.22. The average molecular weight is 393 g/mol. The second kappa shape index (κ2) is 7.09. The normalized spacial score (nSPS) is 21.3. The first-order valence-electron chi connectivity index (χ1n) is 10.3. The summed E-state index contributed by atoms with van der Waals surface area (Å²) < 4.78 is 2.17. The number of amides is 3. The van der Waals surface area contributed by atoms with Crippen molar-refractivity contribution >= 4 is 17.7 Å². The maximum atomic E-state index is 13.1. The molecule has 150 valence electrons. The van der Waals surface area contributed by atoms with Crippen molar-refractivity contribution in [2.24, 2.45) is 0 Å². The van der Waals surface area contributed by atoms with Gasteiger partial charge in [0.1, 0.15) is 12.4 Å². The van der Waals surface area contributed by atoms with Gasteiger partial charge >= 0.3 is 0 Å². The van der Waals surface area contributed by atoms with E-state index in [1.54, 1.807) is 29.2 Å². The highest BCUT2D eigenvalue weighted by atomic mass is 16.2. The zero-order valence-corrected chi connectivity index (χ0v) is 16.2. The fraction of sp³-hybridized carbons (Fsp3) is 0.476. The highest BCUT2D eigenvalue weighted by Crippen LogP contribution is 2.33. The van der Waals surface area contributed by atoms with Crippen LogP contribution in [0.3, 0.4) is 0 Å². The molecular formula is C21H23N5O3. The Labute approximate surface area is 168 Å². The molecule has 1 aromatic heterocycles. The molecule has 29 heavy (non-hydrogen) atoms. The average Bonchev–Trinajstić information content (AvgIpc) is 3.37. The van der Waals surface area contributed by atoms with Crippen molar-refractivity contribution in [2.75, 3.05) is 13.1 Å². The Morgan fingerprint density at radius 1 is 0.966 bits per heavy atom. The third-order valence-corrected chi connectivity index (χ3v) is 6.18. The van der Waals surface area contributed by atoms with Gasteiger partial charge in [-0.15, -0.1) is 10.2 Å². The second-order valence-corrected chi connectivity index (χ2v) is 7.92. The molecule has 5 rings (SSSR count). The molecule has 2 aromatic rings. The predicted molar refractivity (Wildman–Crippen MR) is 103 cm³/mol. The van der Waals surface area contributed by atoms with Gasteiger partial charge in [-0.1, -0.05) is 18.6 Å². The van der Waals surface area contributed by atoms with Crippen LogP contribution >= 0.6 is 0 Å². The van der Waals surface area contributed by atoms with Gasteiger partial charge in [0.15, 0.2) is 5.82 Å². The second-order valence-electron chi connectivity index (χ2n) is 7.92. The number of rotatable bonds is 3. The molecule has 3 amide bonds. The summed E-state index contributed by atoms with van der Waals surface area (Å²) >= 11 is 0. The number of hydrogen-bond donors (Lipinski definition) is 0. The molecule has 1 unspecified atom stereocenters. The van der Waals surface area contributed by atoms with Crippen LogP contribution in [-0.4, -0.2) is 55.4 Å². The SMILES string of the molecule is O=C1c2ccccc2C(=O)N1CC(=O)N1CCCC1c1nnc2n1CCCCC2. The number of hydrogen-bond acceptors (Lipinski definition) is 5. The van der Waals surface area contributed by atoms with Crippen LogP contribution in [0.5, 0.6) is 0 Å². The Kier molecular flexibility index (Phi) is 4.41. The third kappa shape index (κ3) is 2.94. The van der Waals surface area contributed by atoms with E-state index in [4.69, 9.17) is 0 Å². The lowest BCUT2D eigenvalue weighted by Crippen LogP contribution is -2.42. The van der Waals surface area contributed by atoms with Crippen LogP contribution in [0.4, 0.5) is 0 Å². The Hall–Kier alpha value is -3.03. The number of aryl methyl sites for hydroxylation is 1. The van der Waals surface area contributed by atoms with E-state index in [1.165, 1.54) is 6.42 Å². The van der Waals surface area contributed by atoms with Crippen LogP contribution in [0.25, 0.3) is 0 Å². The molecule has 1 aromatic carbocycles. The number of nitrogens with zero attached hydrogens (tertiary/aromatic N) is 5. The lowest BCUT2D eigenvalue weighted by atomic mass is 10.1.